The summed E-state index contributed by atoms with van der Waals surface area (Å²) in [7, 11) is -3.58. The van der Waals surface area contributed by atoms with E-state index in [1.807, 2.05) is 0 Å². The highest BCUT2D eigenvalue weighted by Crippen LogP contribution is 2.07. The first kappa shape index (κ1) is 10.1. The molecule has 1 saturated heterocycles. The van der Waals surface area contributed by atoms with Crippen molar-refractivity contribution in [3.8, 4) is 0 Å². The van der Waals surface area contributed by atoms with Crippen molar-refractivity contribution in [3.05, 3.63) is 12.5 Å². The van der Waals surface area contributed by atoms with Gasteiger partial charge < -0.3 is 10.3 Å². The number of H-pyrrole nitrogens is 1. The van der Waals surface area contributed by atoms with Crippen molar-refractivity contribution < 1.29 is 13.2 Å². The number of rotatable bonds is 3. The van der Waals surface area contributed by atoms with E-state index in [0.29, 0.717) is 6.54 Å². The quantitative estimate of drug-likeness (QED) is 0.592. The Morgan fingerprint density at radius 3 is 2.87 bits per heavy atom. The summed E-state index contributed by atoms with van der Waals surface area (Å²) in [6, 6.07) is -0.384. The molecule has 0 bridgehead atoms. The van der Waals surface area contributed by atoms with Crippen molar-refractivity contribution in [2.24, 2.45) is 0 Å². The maximum atomic E-state index is 11.6. The molecule has 8 heteroatoms. The predicted octanol–water partition coefficient (Wildman–Crippen LogP) is -1.42. The number of amides is 1. The fourth-order valence-electron chi connectivity index (χ4n) is 1.36. The smallest absolute Gasteiger partial charge is 0.257 e. The van der Waals surface area contributed by atoms with Gasteiger partial charge >= 0.3 is 0 Å². The highest BCUT2D eigenvalue weighted by atomic mass is 32.2. The molecule has 0 radical (unpaired) electrons. The molecule has 1 aliphatic heterocycles. The van der Waals surface area contributed by atoms with Crippen LogP contribution in [-0.4, -0.2) is 36.9 Å². The Balaban J connectivity index is 2.09. The molecule has 2 rings (SSSR count). The highest BCUT2D eigenvalue weighted by Gasteiger charge is 2.27. The molecule has 1 aliphatic rings. The number of imidazole rings is 1. The van der Waals surface area contributed by atoms with Gasteiger partial charge in [-0.25, -0.2) is 18.1 Å². The van der Waals surface area contributed by atoms with Crippen molar-refractivity contribution in [1.82, 2.24) is 20.0 Å². The summed E-state index contributed by atoms with van der Waals surface area (Å²) in [6.45, 7) is 0.326. The molecule has 1 fully saturated rings. The lowest BCUT2D eigenvalue weighted by molar-refractivity contribution is -0.119. The van der Waals surface area contributed by atoms with Crippen LogP contribution in [0, 0.1) is 0 Å². The van der Waals surface area contributed by atoms with Crippen molar-refractivity contribution in [2.45, 2.75) is 17.5 Å². The van der Waals surface area contributed by atoms with Crippen molar-refractivity contribution >= 4 is 15.9 Å². The van der Waals surface area contributed by atoms with E-state index in [4.69, 9.17) is 0 Å². The molecule has 0 saturated carbocycles. The van der Waals surface area contributed by atoms with E-state index in [9.17, 15) is 13.2 Å². The van der Waals surface area contributed by atoms with E-state index in [1.54, 1.807) is 0 Å². The third-order valence-corrected chi connectivity index (χ3v) is 3.51. The first-order chi connectivity index (χ1) is 7.08. The fraction of sp³-hybridized carbons (Fsp3) is 0.429. The van der Waals surface area contributed by atoms with Gasteiger partial charge in [0.25, 0.3) is 10.0 Å². The molecule has 3 N–H and O–H groups in total. The molecule has 1 amide bonds. The first-order valence-corrected chi connectivity index (χ1v) is 5.83. The lowest BCUT2D eigenvalue weighted by Gasteiger charge is -2.08. The Kier molecular flexibility index (Phi) is 2.45. The van der Waals surface area contributed by atoms with Crippen molar-refractivity contribution in [1.29, 1.82) is 0 Å². The SMILES string of the molecule is O=C1CC(NS(=O)(=O)c2cnc[nH]2)CN1. The molecule has 0 aliphatic carbocycles. The number of nitrogens with one attached hydrogen (secondary N) is 3. The normalized spacial score (nSPS) is 21.6. The lowest BCUT2D eigenvalue weighted by atomic mass is 10.3. The van der Waals surface area contributed by atoms with Gasteiger partial charge in [0.1, 0.15) is 0 Å². The minimum absolute atomic E-state index is 0.00171. The number of hydrogen-bond donors (Lipinski definition) is 3. The average Bonchev–Trinajstić information content (AvgIpc) is 2.75. The largest absolute Gasteiger partial charge is 0.354 e. The third-order valence-electron chi connectivity index (χ3n) is 2.06. The van der Waals surface area contributed by atoms with E-state index in [-0.39, 0.29) is 23.4 Å². The van der Waals surface area contributed by atoms with Gasteiger partial charge in [0.2, 0.25) is 5.91 Å². The minimum atomic E-state index is -3.58. The molecule has 1 unspecified atom stereocenters. The number of nitrogens with zero attached hydrogens (tertiary/aromatic N) is 1. The summed E-state index contributed by atoms with van der Waals surface area (Å²) >= 11 is 0. The van der Waals surface area contributed by atoms with Crippen molar-refractivity contribution in [2.75, 3.05) is 6.54 Å². The van der Waals surface area contributed by atoms with Crippen molar-refractivity contribution in [3.63, 3.8) is 0 Å². The summed E-state index contributed by atoms with van der Waals surface area (Å²) in [4.78, 5) is 17.0. The van der Waals surface area contributed by atoms with Crippen LogP contribution < -0.4 is 10.0 Å². The molecule has 1 atom stereocenters. The van der Waals surface area contributed by atoms with Crippen LogP contribution in [-0.2, 0) is 14.8 Å². The zero-order valence-electron chi connectivity index (χ0n) is 7.73. The molecule has 1 aromatic heterocycles. The first-order valence-electron chi connectivity index (χ1n) is 4.35. The maximum Gasteiger partial charge on any atom is 0.257 e. The van der Waals surface area contributed by atoms with Crippen LogP contribution in [0.5, 0.6) is 0 Å². The Hall–Kier alpha value is -1.41. The van der Waals surface area contributed by atoms with Gasteiger partial charge in [-0.15, -0.1) is 0 Å². The highest BCUT2D eigenvalue weighted by molar-refractivity contribution is 7.89. The van der Waals surface area contributed by atoms with Gasteiger partial charge in [0.15, 0.2) is 5.03 Å². The van der Waals surface area contributed by atoms with Crippen LogP contribution in [0.4, 0.5) is 0 Å². The zero-order chi connectivity index (χ0) is 10.9. The molecular formula is C7H10N4O3S. The van der Waals surface area contributed by atoms with E-state index < -0.39 is 10.0 Å². The third kappa shape index (κ3) is 2.16. The topological polar surface area (TPSA) is 104 Å². The van der Waals surface area contributed by atoms with Gasteiger partial charge in [-0.3, -0.25) is 4.79 Å². The van der Waals surface area contributed by atoms with Gasteiger partial charge in [-0.05, 0) is 0 Å². The second-order valence-corrected chi connectivity index (χ2v) is 4.92. The second kappa shape index (κ2) is 3.63. The van der Waals surface area contributed by atoms with Gasteiger partial charge in [0.05, 0.1) is 12.5 Å². The van der Waals surface area contributed by atoms with E-state index >= 15 is 0 Å². The molecule has 15 heavy (non-hydrogen) atoms. The van der Waals surface area contributed by atoms with Gasteiger partial charge in [0, 0.05) is 19.0 Å². The Labute approximate surface area is 86.3 Å². The van der Waals surface area contributed by atoms with Crippen LogP contribution in [0.15, 0.2) is 17.6 Å². The zero-order valence-corrected chi connectivity index (χ0v) is 8.54. The molecule has 1 aromatic rings. The second-order valence-electron chi connectivity index (χ2n) is 3.24. The fourth-order valence-corrected chi connectivity index (χ4v) is 2.50. The van der Waals surface area contributed by atoms with Crippen LogP contribution in [0.3, 0.4) is 0 Å². The summed E-state index contributed by atoms with van der Waals surface area (Å²) in [5.74, 6) is -0.146. The molecule has 0 aromatic carbocycles. The van der Waals surface area contributed by atoms with Gasteiger partial charge in [-0.1, -0.05) is 0 Å². The number of aromatic amines is 1. The molecule has 2 heterocycles. The minimum Gasteiger partial charge on any atom is -0.354 e. The maximum absolute atomic E-state index is 11.6. The standard InChI is InChI=1S/C7H10N4O3S/c12-6-1-5(2-9-6)11-15(13,14)7-3-8-4-10-7/h3-5,11H,1-2H2,(H,8,10)(H,9,12). The van der Waals surface area contributed by atoms with Crippen LogP contribution >= 0.6 is 0 Å². The van der Waals surface area contributed by atoms with Crippen LogP contribution in [0.1, 0.15) is 6.42 Å². The number of carbonyl (C=O) groups excluding carboxylic acids is 1. The Morgan fingerprint density at radius 1 is 1.53 bits per heavy atom. The van der Waals surface area contributed by atoms with Crippen LogP contribution in [0.2, 0.25) is 0 Å². The lowest BCUT2D eigenvalue weighted by Crippen LogP contribution is -2.36. The molecular weight excluding hydrogens is 220 g/mol. The summed E-state index contributed by atoms with van der Waals surface area (Å²) in [6.07, 6.45) is 2.67. The number of hydrogen-bond acceptors (Lipinski definition) is 4. The van der Waals surface area contributed by atoms with E-state index in [0.717, 1.165) is 0 Å². The summed E-state index contributed by atoms with van der Waals surface area (Å²) in [5.41, 5.74) is 0. The van der Waals surface area contributed by atoms with E-state index in [1.165, 1.54) is 12.5 Å². The summed E-state index contributed by atoms with van der Waals surface area (Å²) < 4.78 is 25.7. The summed E-state index contributed by atoms with van der Waals surface area (Å²) in [5, 5.41) is 2.55. The molecule has 0 spiro atoms. The number of sulfonamides is 1. The Bertz CT molecular complexity index is 453. The number of carbonyl (C=O) groups is 1. The van der Waals surface area contributed by atoms with Crippen LogP contribution in [0.25, 0.3) is 0 Å². The molecule has 7 nitrogen and oxygen atoms in total. The predicted molar refractivity (Wildman–Crippen MR) is 50.3 cm³/mol. The molecule has 82 valence electrons. The Morgan fingerprint density at radius 2 is 2.33 bits per heavy atom. The van der Waals surface area contributed by atoms with Gasteiger partial charge in [-0.2, -0.15) is 0 Å². The monoisotopic (exact) mass is 230 g/mol. The average molecular weight is 230 g/mol. The van der Waals surface area contributed by atoms with E-state index in [2.05, 4.69) is 20.0 Å². The number of aromatic nitrogens is 2.